The Bertz CT molecular complexity index is 86.0. The van der Waals surface area contributed by atoms with Crippen molar-refractivity contribution in [2.24, 2.45) is 11.8 Å². The summed E-state index contributed by atoms with van der Waals surface area (Å²) in [6.07, 6.45) is 7.97. The predicted octanol–water partition coefficient (Wildman–Crippen LogP) is 4.45. The molecule has 0 aromatic rings. The quantitative estimate of drug-likeness (QED) is 0.528. The minimum Gasteiger partial charge on any atom is -0.0651 e. The van der Waals surface area contributed by atoms with Gasteiger partial charge >= 0.3 is 0 Å². The molecule has 0 bridgehead atoms. The van der Waals surface area contributed by atoms with Crippen molar-refractivity contribution in [3.63, 3.8) is 0 Å². The molecule has 0 heteroatoms. The van der Waals surface area contributed by atoms with Crippen molar-refractivity contribution in [2.45, 2.75) is 59.3 Å². The molecule has 1 radical (unpaired) electrons. The van der Waals surface area contributed by atoms with Gasteiger partial charge in [0.05, 0.1) is 0 Å². The fourth-order valence-corrected chi connectivity index (χ4v) is 1.51. The lowest BCUT2D eigenvalue weighted by molar-refractivity contribution is 0.420. The van der Waals surface area contributed by atoms with Gasteiger partial charge in [-0.2, -0.15) is 0 Å². The maximum Gasteiger partial charge on any atom is -0.0443 e. The largest absolute Gasteiger partial charge is 0.0651 e. The van der Waals surface area contributed by atoms with Crippen LogP contribution in [-0.2, 0) is 0 Å². The van der Waals surface area contributed by atoms with Gasteiger partial charge in [-0.1, -0.05) is 66.2 Å². The van der Waals surface area contributed by atoms with Crippen molar-refractivity contribution in [3.05, 3.63) is 6.92 Å². The lowest BCUT2D eigenvalue weighted by Gasteiger charge is -2.11. The zero-order valence-corrected chi connectivity index (χ0v) is 9.10. The highest BCUT2D eigenvalue weighted by atomic mass is 14.1. The van der Waals surface area contributed by atoms with Crippen molar-refractivity contribution in [1.82, 2.24) is 0 Å². The first-order chi connectivity index (χ1) is 5.70. The molecule has 73 valence electrons. The van der Waals surface area contributed by atoms with Crippen LogP contribution < -0.4 is 0 Å². The summed E-state index contributed by atoms with van der Waals surface area (Å²) in [6, 6.07) is 0. The molecule has 0 saturated carbocycles. The first-order valence-corrected chi connectivity index (χ1v) is 5.49. The van der Waals surface area contributed by atoms with Gasteiger partial charge in [-0.05, 0) is 11.8 Å². The third kappa shape index (κ3) is 6.69. The molecular formula is C12H25. The SMILES string of the molecule is [CH2]CCC(C)CCCC(C)CC. The van der Waals surface area contributed by atoms with Crippen LogP contribution in [0.25, 0.3) is 0 Å². The molecule has 2 atom stereocenters. The van der Waals surface area contributed by atoms with Crippen molar-refractivity contribution < 1.29 is 0 Å². The Labute approximate surface area is 78.8 Å². The Balaban J connectivity index is 3.18. The molecule has 0 aliphatic heterocycles. The van der Waals surface area contributed by atoms with E-state index in [1.165, 1.54) is 32.1 Å². The number of hydrogen-bond acceptors (Lipinski definition) is 0. The maximum atomic E-state index is 3.89. The third-order valence-corrected chi connectivity index (χ3v) is 2.79. The average molecular weight is 169 g/mol. The van der Waals surface area contributed by atoms with E-state index in [2.05, 4.69) is 27.7 Å². The fourth-order valence-electron chi connectivity index (χ4n) is 1.51. The molecule has 0 saturated heterocycles. The van der Waals surface area contributed by atoms with E-state index in [4.69, 9.17) is 0 Å². The van der Waals surface area contributed by atoms with Gasteiger partial charge in [-0.25, -0.2) is 0 Å². The van der Waals surface area contributed by atoms with Crippen molar-refractivity contribution >= 4 is 0 Å². The van der Waals surface area contributed by atoms with E-state index >= 15 is 0 Å². The van der Waals surface area contributed by atoms with Crippen molar-refractivity contribution in [1.29, 1.82) is 0 Å². The summed E-state index contributed by atoms with van der Waals surface area (Å²) in [5, 5.41) is 0. The Morgan fingerprint density at radius 3 is 2.08 bits per heavy atom. The molecule has 0 aliphatic rings. The molecule has 0 aromatic carbocycles. The van der Waals surface area contributed by atoms with Gasteiger partial charge in [0.15, 0.2) is 0 Å². The van der Waals surface area contributed by atoms with Crippen LogP contribution in [-0.4, -0.2) is 0 Å². The lowest BCUT2D eigenvalue weighted by Crippen LogP contribution is -1.97. The molecule has 0 rings (SSSR count). The molecule has 0 aromatic heterocycles. The third-order valence-electron chi connectivity index (χ3n) is 2.79. The second-order valence-electron chi connectivity index (χ2n) is 4.19. The molecule has 0 aliphatic carbocycles. The molecular weight excluding hydrogens is 144 g/mol. The monoisotopic (exact) mass is 169 g/mol. The minimum absolute atomic E-state index is 0.895. The van der Waals surface area contributed by atoms with Gasteiger partial charge in [0.2, 0.25) is 0 Å². The van der Waals surface area contributed by atoms with Crippen LogP contribution in [0, 0.1) is 18.8 Å². The summed E-state index contributed by atoms with van der Waals surface area (Å²) < 4.78 is 0. The van der Waals surface area contributed by atoms with Gasteiger partial charge < -0.3 is 0 Å². The molecule has 0 fully saturated rings. The zero-order valence-electron chi connectivity index (χ0n) is 9.10. The first-order valence-electron chi connectivity index (χ1n) is 5.49. The lowest BCUT2D eigenvalue weighted by atomic mass is 9.95. The molecule has 0 N–H and O–H groups in total. The van der Waals surface area contributed by atoms with Gasteiger partial charge in [0, 0.05) is 0 Å². The van der Waals surface area contributed by atoms with Crippen LogP contribution in [0.4, 0.5) is 0 Å². The maximum absolute atomic E-state index is 3.89. The highest BCUT2D eigenvalue weighted by Gasteiger charge is 2.02. The van der Waals surface area contributed by atoms with E-state index in [0.29, 0.717) is 0 Å². The minimum atomic E-state index is 0.895. The Hall–Kier alpha value is 0. The van der Waals surface area contributed by atoms with E-state index in [9.17, 15) is 0 Å². The molecule has 0 amide bonds. The summed E-state index contributed by atoms with van der Waals surface area (Å²) >= 11 is 0. The van der Waals surface area contributed by atoms with Crippen LogP contribution in [0.15, 0.2) is 0 Å². The molecule has 0 spiro atoms. The van der Waals surface area contributed by atoms with Crippen LogP contribution in [0.3, 0.4) is 0 Å². The van der Waals surface area contributed by atoms with Gasteiger partial charge in [0.25, 0.3) is 0 Å². The van der Waals surface area contributed by atoms with Crippen molar-refractivity contribution in [3.8, 4) is 0 Å². The fraction of sp³-hybridized carbons (Fsp3) is 0.917. The Morgan fingerprint density at radius 1 is 1.00 bits per heavy atom. The topological polar surface area (TPSA) is 0 Å². The Kier molecular flexibility index (Phi) is 7.64. The van der Waals surface area contributed by atoms with E-state index in [0.717, 1.165) is 18.3 Å². The summed E-state index contributed by atoms with van der Waals surface area (Å²) in [4.78, 5) is 0. The number of hydrogen-bond donors (Lipinski definition) is 0. The summed E-state index contributed by atoms with van der Waals surface area (Å²) in [6.45, 7) is 10.9. The van der Waals surface area contributed by atoms with E-state index in [-0.39, 0.29) is 0 Å². The van der Waals surface area contributed by atoms with Crippen LogP contribution in [0.5, 0.6) is 0 Å². The second kappa shape index (κ2) is 7.64. The van der Waals surface area contributed by atoms with Gasteiger partial charge in [-0.3, -0.25) is 0 Å². The molecule has 2 unspecified atom stereocenters. The van der Waals surface area contributed by atoms with Crippen LogP contribution >= 0.6 is 0 Å². The highest BCUT2D eigenvalue weighted by Crippen LogP contribution is 2.17. The molecule has 12 heavy (non-hydrogen) atoms. The van der Waals surface area contributed by atoms with Gasteiger partial charge in [0.1, 0.15) is 0 Å². The van der Waals surface area contributed by atoms with Gasteiger partial charge in [-0.15, -0.1) is 0 Å². The van der Waals surface area contributed by atoms with Crippen LogP contribution in [0.2, 0.25) is 0 Å². The molecule has 0 nitrogen and oxygen atoms in total. The second-order valence-corrected chi connectivity index (χ2v) is 4.19. The average Bonchev–Trinajstić information content (AvgIpc) is 2.04. The normalized spacial score (nSPS) is 16.0. The smallest absolute Gasteiger partial charge is 0.0443 e. The summed E-state index contributed by atoms with van der Waals surface area (Å²) in [7, 11) is 0. The zero-order chi connectivity index (χ0) is 9.40. The van der Waals surface area contributed by atoms with Crippen molar-refractivity contribution in [2.75, 3.05) is 0 Å². The predicted molar refractivity (Wildman–Crippen MR) is 57.1 cm³/mol. The number of rotatable bonds is 7. The standard InChI is InChI=1S/C12H25/c1-5-8-12(4)10-7-9-11(3)6-2/h11-12H,1,5-10H2,2-4H3. The molecule has 0 heterocycles. The first kappa shape index (κ1) is 12.0. The Morgan fingerprint density at radius 2 is 1.58 bits per heavy atom. The highest BCUT2D eigenvalue weighted by molar-refractivity contribution is 4.57. The van der Waals surface area contributed by atoms with E-state index in [1.54, 1.807) is 0 Å². The van der Waals surface area contributed by atoms with E-state index in [1.807, 2.05) is 0 Å². The van der Waals surface area contributed by atoms with Crippen LogP contribution in [0.1, 0.15) is 59.3 Å². The van der Waals surface area contributed by atoms with E-state index < -0.39 is 0 Å². The summed E-state index contributed by atoms with van der Waals surface area (Å²) in [5.74, 6) is 1.82. The summed E-state index contributed by atoms with van der Waals surface area (Å²) in [5.41, 5.74) is 0.